The van der Waals surface area contributed by atoms with Gasteiger partial charge in [-0.15, -0.1) is 0 Å². The molecule has 0 aromatic heterocycles. The normalized spacial score (nSPS) is 15.6. The third-order valence-corrected chi connectivity index (χ3v) is 3.15. The molecule has 0 aliphatic heterocycles. The molecule has 0 heterocycles. The molecular weight excluding hydrogens is 271 g/mol. The minimum atomic E-state index is -3.01. The summed E-state index contributed by atoms with van der Waals surface area (Å²) in [4.78, 5) is 5.84. The van der Waals surface area contributed by atoms with Crippen LogP contribution < -0.4 is 10.5 Å². The number of hydrogen-bond donors (Lipinski definition) is 1. The molecule has 0 radical (unpaired) electrons. The number of nitrogens with two attached hydrogens (primary N) is 1. The summed E-state index contributed by atoms with van der Waals surface area (Å²) in [5, 5.41) is 0. The van der Waals surface area contributed by atoms with Crippen molar-refractivity contribution in [3.8, 4) is 5.75 Å². The molecular formula is C13H16F3N3O. The van der Waals surface area contributed by atoms with Gasteiger partial charge in [0.15, 0.2) is 5.96 Å². The van der Waals surface area contributed by atoms with E-state index >= 15 is 0 Å². The summed E-state index contributed by atoms with van der Waals surface area (Å²) in [6, 6.07) is 4.13. The van der Waals surface area contributed by atoms with Crippen molar-refractivity contribution in [2.45, 2.75) is 32.0 Å². The van der Waals surface area contributed by atoms with Crippen LogP contribution in [-0.4, -0.2) is 30.6 Å². The third-order valence-electron chi connectivity index (χ3n) is 3.15. The summed E-state index contributed by atoms with van der Waals surface area (Å²) >= 11 is 0. The van der Waals surface area contributed by atoms with Crippen molar-refractivity contribution < 1.29 is 17.9 Å². The van der Waals surface area contributed by atoms with Gasteiger partial charge in [-0.3, -0.25) is 0 Å². The highest BCUT2D eigenvalue weighted by atomic mass is 19.3. The van der Waals surface area contributed by atoms with Crippen molar-refractivity contribution in [1.82, 2.24) is 4.90 Å². The van der Waals surface area contributed by atoms with Crippen LogP contribution in [0.5, 0.6) is 5.75 Å². The number of rotatable bonds is 5. The molecule has 0 atom stereocenters. The van der Waals surface area contributed by atoms with Gasteiger partial charge in [0.1, 0.15) is 11.6 Å². The minimum absolute atomic E-state index is 0.0278. The Bertz CT molecular complexity index is 504. The summed E-state index contributed by atoms with van der Waals surface area (Å²) < 4.78 is 42.5. The molecule has 7 heteroatoms. The van der Waals surface area contributed by atoms with Crippen LogP contribution in [0.3, 0.4) is 0 Å². The quantitative estimate of drug-likeness (QED) is 0.668. The molecule has 1 fully saturated rings. The zero-order chi connectivity index (χ0) is 14.7. The summed E-state index contributed by atoms with van der Waals surface area (Å²) in [6.45, 7) is -3.15. The van der Waals surface area contributed by atoms with Crippen LogP contribution in [0.15, 0.2) is 23.2 Å². The number of hydrogen-bond acceptors (Lipinski definition) is 2. The van der Waals surface area contributed by atoms with Crippen molar-refractivity contribution >= 4 is 5.96 Å². The SMILES string of the molecule is CN(C(N)=NCc1c(F)cccc1OC(F)F)C1CC1. The van der Waals surface area contributed by atoms with Gasteiger partial charge in [-0.05, 0) is 25.0 Å². The molecule has 4 nitrogen and oxygen atoms in total. The fourth-order valence-electron chi connectivity index (χ4n) is 1.82. The topological polar surface area (TPSA) is 50.8 Å². The number of guanidine groups is 1. The van der Waals surface area contributed by atoms with E-state index in [9.17, 15) is 13.2 Å². The number of halogens is 3. The van der Waals surface area contributed by atoms with Crippen LogP contribution in [0, 0.1) is 5.82 Å². The first kappa shape index (κ1) is 14.5. The van der Waals surface area contributed by atoms with Crippen molar-refractivity contribution in [2.24, 2.45) is 10.7 Å². The van der Waals surface area contributed by atoms with E-state index in [4.69, 9.17) is 5.73 Å². The van der Waals surface area contributed by atoms with Crippen LogP contribution in [-0.2, 0) is 6.54 Å². The molecule has 0 spiro atoms. The standard InChI is InChI=1S/C13H16F3N3O/c1-19(8-5-6-8)13(17)18-7-9-10(14)3-2-4-11(9)20-12(15)16/h2-4,8,12H,5-7H2,1H3,(H2,17,18). The maximum Gasteiger partial charge on any atom is 0.387 e. The molecule has 110 valence electrons. The molecule has 20 heavy (non-hydrogen) atoms. The number of ether oxygens (including phenoxy) is 1. The van der Waals surface area contributed by atoms with E-state index in [0.29, 0.717) is 6.04 Å². The Kier molecular flexibility index (Phi) is 4.36. The lowest BCUT2D eigenvalue weighted by Crippen LogP contribution is -2.35. The van der Waals surface area contributed by atoms with Gasteiger partial charge in [0.2, 0.25) is 0 Å². The van der Waals surface area contributed by atoms with Crippen LogP contribution in [0.2, 0.25) is 0 Å². The highest BCUT2D eigenvalue weighted by Gasteiger charge is 2.27. The van der Waals surface area contributed by atoms with Gasteiger partial charge in [-0.1, -0.05) is 6.07 Å². The Morgan fingerprint density at radius 3 is 2.80 bits per heavy atom. The average molecular weight is 287 g/mol. The Labute approximate surface area is 115 Å². The molecule has 1 aliphatic rings. The van der Waals surface area contributed by atoms with E-state index in [2.05, 4.69) is 9.73 Å². The lowest BCUT2D eigenvalue weighted by Gasteiger charge is -2.17. The minimum Gasteiger partial charge on any atom is -0.434 e. The molecule has 1 aromatic carbocycles. The van der Waals surface area contributed by atoms with Crippen molar-refractivity contribution in [3.63, 3.8) is 0 Å². The van der Waals surface area contributed by atoms with Gasteiger partial charge < -0.3 is 15.4 Å². The van der Waals surface area contributed by atoms with Crippen LogP contribution in [0.1, 0.15) is 18.4 Å². The smallest absolute Gasteiger partial charge is 0.387 e. The van der Waals surface area contributed by atoms with Crippen LogP contribution >= 0.6 is 0 Å². The van der Waals surface area contributed by atoms with E-state index in [1.807, 2.05) is 0 Å². The second kappa shape index (κ2) is 6.02. The summed E-state index contributed by atoms with van der Waals surface area (Å²) in [5.74, 6) is -0.599. The highest BCUT2D eigenvalue weighted by Crippen LogP contribution is 2.26. The molecule has 1 aromatic rings. The first-order valence-corrected chi connectivity index (χ1v) is 6.24. The maximum absolute atomic E-state index is 13.7. The first-order chi connectivity index (χ1) is 9.49. The van der Waals surface area contributed by atoms with Gasteiger partial charge >= 0.3 is 6.61 Å². The van der Waals surface area contributed by atoms with Gasteiger partial charge in [0, 0.05) is 13.1 Å². The summed E-state index contributed by atoms with van der Waals surface area (Å²) in [7, 11) is 1.80. The van der Waals surface area contributed by atoms with E-state index < -0.39 is 12.4 Å². The maximum atomic E-state index is 13.7. The van der Waals surface area contributed by atoms with Crippen molar-refractivity contribution in [2.75, 3.05) is 7.05 Å². The molecule has 2 N–H and O–H groups in total. The zero-order valence-corrected chi connectivity index (χ0v) is 11.0. The molecule has 1 saturated carbocycles. The van der Waals surface area contributed by atoms with Crippen LogP contribution in [0.4, 0.5) is 13.2 Å². The van der Waals surface area contributed by atoms with Gasteiger partial charge in [0.05, 0.1) is 12.1 Å². The zero-order valence-electron chi connectivity index (χ0n) is 11.0. The lowest BCUT2D eigenvalue weighted by atomic mass is 10.2. The Morgan fingerprint density at radius 2 is 2.20 bits per heavy atom. The first-order valence-electron chi connectivity index (χ1n) is 6.24. The van der Waals surface area contributed by atoms with Crippen LogP contribution in [0.25, 0.3) is 0 Å². The molecule has 0 saturated heterocycles. The summed E-state index contributed by atoms with van der Waals surface area (Å²) in [6.07, 6.45) is 2.10. The fraction of sp³-hybridized carbons (Fsp3) is 0.462. The highest BCUT2D eigenvalue weighted by molar-refractivity contribution is 5.78. The second-order valence-corrected chi connectivity index (χ2v) is 4.61. The Hall–Kier alpha value is -1.92. The lowest BCUT2D eigenvalue weighted by molar-refractivity contribution is -0.0506. The predicted octanol–water partition coefficient (Wildman–Crippen LogP) is 2.34. The molecule has 2 rings (SSSR count). The number of benzene rings is 1. The summed E-state index contributed by atoms with van der Waals surface area (Å²) in [5.41, 5.74) is 5.74. The largest absolute Gasteiger partial charge is 0.434 e. The number of nitrogens with zero attached hydrogens (tertiary/aromatic N) is 2. The molecule has 0 bridgehead atoms. The average Bonchev–Trinajstić information content (AvgIpc) is 3.20. The number of alkyl halides is 2. The third kappa shape index (κ3) is 3.55. The Balaban J connectivity index is 2.13. The molecule has 1 aliphatic carbocycles. The fourth-order valence-corrected chi connectivity index (χ4v) is 1.82. The Morgan fingerprint density at radius 1 is 1.50 bits per heavy atom. The monoisotopic (exact) mass is 287 g/mol. The van der Waals surface area contributed by atoms with Gasteiger partial charge in [-0.25, -0.2) is 9.38 Å². The van der Waals surface area contributed by atoms with Gasteiger partial charge in [-0.2, -0.15) is 8.78 Å². The molecule has 0 unspecified atom stereocenters. The van der Waals surface area contributed by atoms with E-state index in [1.165, 1.54) is 18.2 Å². The molecule has 0 amide bonds. The van der Waals surface area contributed by atoms with E-state index in [1.54, 1.807) is 11.9 Å². The number of aliphatic imine (C=N–C) groups is 1. The van der Waals surface area contributed by atoms with Crippen molar-refractivity contribution in [3.05, 3.63) is 29.6 Å². The van der Waals surface area contributed by atoms with Crippen molar-refractivity contribution in [1.29, 1.82) is 0 Å². The van der Waals surface area contributed by atoms with E-state index in [0.717, 1.165) is 12.8 Å². The van der Waals surface area contributed by atoms with Gasteiger partial charge in [0.25, 0.3) is 0 Å². The predicted molar refractivity (Wildman–Crippen MR) is 69.1 cm³/mol. The van der Waals surface area contributed by atoms with E-state index in [-0.39, 0.29) is 23.8 Å². The second-order valence-electron chi connectivity index (χ2n) is 4.61.